The van der Waals surface area contributed by atoms with Crippen LogP contribution >= 0.6 is 11.8 Å². The van der Waals surface area contributed by atoms with Crippen molar-refractivity contribution >= 4 is 50.8 Å². The Bertz CT molecular complexity index is 1530. The van der Waals surface area contributed by atoms with E-state index in [1.165, 1.54) is 6.07 Å². The van der Waals surface area contributed by atoms with E-state index in [1.807, 2.05) is 17.8 Å². The van der Waals surface area contributed by atoms with Gasteiger partial charge in [0.05, 0.1) is 17.7 Å². The molecule has 0 bridgehead atoms. The van der Waals surface area contributed by atoms with Crippen LogP contribution in [-0.2, 0) is 7.05 Å². The molecule has 0 saturated carbocycles. The first-order valence-electron chi connectivity index (χ1n) is 13.3. The molecule has 4 heterocycles. The molecule has 204 valence electrons. The van der Waals surface area contributed by atoms with Gasteiger partial charge in [-0.3, -0.25) is 9.48 Å². The van der Waals surface area contributed by atoms with Gasteiger partial charge in [0.2, 0.25) is 0 Å². The molecule has 0 aliphatic carbocycles. The number of nitrogens with one attached hydrogen (secondary N) is 2. The van der Waals surface area contributed by atoms with E-state index in [0.29, 0.717) is 46.8 Å². The summed E-state index contributed by atoms with van der Waals surface area (Å²) in [5.74, 6) is 1.82. The lowest BCUT2D eigenvalue weighted by Gasteiger charge is -2.38. The number of anilines is 2. The van der Waals surface area contributed by atoms with Crippen LogP contribution in [0.1, 0.15) is 30.6 Å². The predicted molar refractivity (Wildman–Crippen MR) is 153 cm³/mol. The largest absolute Gasteiger partial charge is 0.463 e. The van der Waals surface area contributed by atoms with E-state index in [0.717, 1.165) is 42.1 Å². The molecule has 2 fully saturated rings. The zero-order chi connectivity index (χ0) is 27.1. The summed E-state index contributed by atoms with van der Waals surface area (Å²) in [6.07, 6.45) is 4.59. The van der Waals surface area contributed by atoms with Gasteiger partial charge in [0, 0.05) is 72.7 Å². The van der Waals surface area contributed by atoms with Crippen LogP contribution in [0.3, 0.4) is 0 Å². The number of aromatic nitrogens is 4. The van der Waals surface area contributed by atoms with Crippen molar-refractivity contribution in [3.63, 3.8) is 0 Å². The van der Waals surface area contributed by atoms with Crippen LogP contribution in [0, 0.1) is 11.7 Å². The fourth-order valence-electron chi connectivity index (χ4n) is 5.53. The van der Waals surface area contributed by atoms with Crippen LogP contribution in [0.2, 0.25) is 0 Å². The Morgan fingerprint density at radius 2 is 2.05 bits per heavy atom. The van der Waals surface area contributed by atoms with Gasteiger partial charge in [-0.05, 0) is 56.0 Å². The molecule has 2 saturated heterocycles. The zero-order valence-electron chi connectivity index (χ0n) is 22.3. The van der Waals surface area contributed by atoms with E-state index >= 15 is 0 Å². The van der Waals surface area contributed by atoms with Crippen molar-refractivity contribution in [1.82, 2.24) is 25.1 Å². The SMILES string of the molecule is C[C@@H]1CN(c2ccc(C(=O)Nc3cc(F)c4nn(C)cc4c3)c3nc(OCC4CCSC4)ncc23)C[C@@H](C)N1. The highest BCUT2D eigenvalue weighted by atomic mass is 32.2. The summed E-state index contributed by atoms with van der Waals surface area (Å²) in [5.41, 5.74) is 2.48. The third kappa shape index (κ3) is 5.38. The number of nitrogens with zero attached hydrogens (tertiary/aromatic N) is 5. The Morgan fingerprint density at radius 3 is 2.82 bits per heavy atom. The summed E-state index contributed by atoms with van der Waals surface area (Å²) in [6.45, 7) is 6.53. The van der Waals surface area contributed by atoms with Crippen LogP contribution in [0.5, 0.6) is 6.01 Å². The summed E-state index contributed by atoms with van der Waals surface area (Å²) in [6, 6.07) is 7.63. The number of carbonyl (C=O) groups is 1. The standard InChI is InChI=1S/C28H32FN7O2S/c1-16-11-36(12-17(2)31-16)24-5-4-21(26-22(24)10-30-28(33-26)38-14-18-6-7-39-15-18)27(37)32-20-8-19-13-35(3)34-25(19)23(29)9-20/h4-5,8-10,13,16-18,31H,6-7,11-12,14-15H2,1-3H3,(H,32,37)/t16-,17-,18?/m1/s1. The molecule has 0 radical (unpaired) electrons. The van der Waals surface area contributed by atoms with Gasteiger partial charge in [-0.25, -0.2) is 9.37 Å². The summed E-state index contributed by atoms with van der Waals surface area (Å²) in [5, 5.41) is 11.9. The number of fused-ring (bicyclic) bond motifs is 2. The molecule has 2 aromatic carbocycles. The lowest BCUT2D eigenvalue weighted by molar-refractivity contribution is 0.102. The molecule has 2 N–H and O–H groups in total. The minimum absolute atomic E-state index is 0.260. The number of amides is 1. The molecule has 9 nitrogen and oxygen atoms in total. The molecular weight excluding hydrogens is 517 g/mol. The first-order valence-corrected chi connectivity index (χ1v) is 14.4. The van der Waals surface area contributed by atoms with Gasteiger partial charge in [-0.15, -0.1) is 0 Å². The molecule has 1 unspecified atom stereocenters. The number of hydrogen-bond acceptors (Lipinski definition) is 8. The molecule has 4 aromatic rings. The number of rotatable bonds is 6. The number of thioether (sulfide) groups is 1. The molecular formula is C28H32FN7O2S. The van der Waals surface area contributed by atoms with Crippen molar-refractivity contribution < 1.29 is 13.9 Å². The topological polar surface area (TPSA) is 97.2 Å². The second-order valence-electron chi connectivity index (χ2n) is 10.6. The molecule has 2 aliphatic rings. The van der Waals surface area contributed by atoms with Gasteiger partial charge >= 0.3 is 6.01 Å². The Morgan fingerprint density at radius 1 is 1.23 bits per heavy atom. The van der Waals surface area contributed by atoms with Crippen molar-refractivity contribution in [2.75, 3.05) is 41.4 Å². The van der Waals surface area contributed by atoms with Crippen molar-refractivity contribution in [1.29, 1.82) is 0 Å². The smallest absolute Gasteiger partial charge is 0.316 e. The quantitative estimate of drug-likeness (QED) is 0.369. The molecule has 39 heavy (non-hydrogen) atoms. The van der Waals surface area contributed by atoms with Crippen LogP contribution in [0.4, 0.5) is 15.8 Å². The van der Waals surface area contributed by atoms with E-state index in [-0.39, 0.29) is 17.4 Å². The monoisotopic (exact) mass is 549 g/mol. The van der Waals surface area contributed by atoms with E-state index in [9.17, 15) is 9.18 Å². The number of hydrogen-bond donors (Lipinski definition) is 2. The third-order valence-corrected chi connectivity index (χ3v) is 8.49. The number of ether oxygens (including phenoxy) is 1. The number of carbonyl (C=O) groups excluding carboxylic acids is 1. The fraction of sp³-hybridized carbons (Fsp3) is 0.429. The average Bonchev–Trinajstić information content (AvgIpc) is 3.55. The van der Waals surface area contributed by atoms with Gasteiger partial charge in [0.15, 0.2) is 5.82 Å². The summed E-state index contributed by atoms with van der Waals surface area (Å²) >= 11 is 1.93. The third-order valence-electron chi connectivity index (χ3n) is 7.25. The van der Waals surface area contributed by atoms with Crippen LogP contribution in [-0.4, -0.2) is 68.9 Å². The molecule has 0 spiro atoms. The molecule has 11 heteroatoms. The highest BCUT2D eigenvalue weighted by Crippen LogP contribution is 2.32. The van der Waals surface area contributed by atoms with Gasteiger partial charge in [-0.1, -0.05) is 0 Å². The maximum absolute atomic E-state index is 14.7. The highest BCUT2D eigenvalue weighted by molar-refractivity contribution is 7.99. The first kappa shape index (κ1) is 25.8. The van der Waals surface area contributed by atoms with E-state index < -0.39 is 5.82 Å². The maximum atomic E-state index is 14.7. The molecule has 3 atom stereocenters. The molecule has 1 amide bonds. The normalized spacial score (nSPS) is 21.5. The van der Waals surface area contributed by atoms with Gasteiger partial charge in [0.1, 0.15) is 5.52 Å². The number of benzene rings is 2. The number of aryl methyl sites for hydroxylation is 1. The Kier molecular flexibility index (Phi) is 7.03. The summed E-state index contributed by atoms with van der Waals surface area (Å²) in [4.78, 5) is 25.1. The zero-order valence-corrected chi connectivity index (χ0v) is 23.1. The average molecular weight is 550 g/mol. The number of halogens is 1. The molecule has 6 rings (SSSR count). The highest BCUT2D eigenvalue weighted by Gasteiger charge is 2.25. The summed E-state index contributed by atoms with van der Waals surface area (Å²) in [7, 11) is 1.73. The minimum Gasteiger partial charge on any atom is -0.463 e. The van der Waals surface area contributed by atoms with Crippen molar-refractivity contribution in [2.24, 2.45) is 13.0 Å². The Hall–Kier alpha value is -3.44. The van der Waals surface area contributed by atoms with Crippen molar-refractivity contribution in [3.05, 3.63) is 48.0 Å². The minimum atomic E-state index is -0.492. The van der Waals surface area contributed by atoms with E-state index in [2.05, 4.69) is 39.5 Å². The second kappa shape index (κ2) is 10.6. The van der Waals surface area contributed by atoms with Gasteiger partial charge in [0.25, 0.3) is 5.91 Å². The van der Waals surface area contributed by atoms with Gasteiger partial charge in [-0.2, -0.15) is 21.8 Å². The Balaban J connectivity index is 1.36. The van der Waals surface area contributed by atoms with Crippen LogP contribution in [0.15, 0.2) is 36.7 Å². The van der Waals surface area contributed by atoms with E-state index in [4.69, 9.17) is 9.72 Å². The van der Waals surface area contributed by atoms with Crippen molar-refractivity contribution in [2.45, 2.75) is 32.4 Å². The fourth-order valence-corrected chi connectivity index (χ4v) is 6.79. The second-order valence-corrected chi connectivity index (χ2v) is 11.8. The number of piperazine rings is 1. The van der Waals surface area contributed by atoms with Crippen LogP contribution in [0.25, 0.3) is 21.8 Å². The van der Waals surface area contributed by atoms with Crippen molar-refractivity contribution in [3.8, 4) is 6.01 Å². The predicted octanol–water partition coefficient (Wildman–Crippen LogP) is 4.23. The summed E-state index contributed by atoms with van der Waals surface area (Å²) < 4.78 is 22.2. The molecule has 2 aromatic heterocycles. The Labute approximate surface area is 230 Å². The first-order chi connectivity index (χ1) is 18.8. The van der Waals surface area contributed by atoms with Gasteiger partial charge < -0.3 is 20.3 Å². The maximum Gasteiger partial charge on any atom is 0.316 e. The lowest BCUT2D eigenvalue weighted by Crippen LogP contribution is -2.54. The van der Waals surface area contributed by atoms with E-state index in [1.54, 1.807) is 36.3 Å². The molecule has 2 aliphatic heterocycles. The van der Waals surface area contributed by atoms with Crippen LogP contribution < -0.4 is 20.3 Å². The lowest BCUT2D eigenvalue weighted by atomic mass is 10.0.